The van der Waals surface area contributed by atoms with Crippen molar-refractivity contribution in [1.29, 1.82) is 0 Å². The molecule has 3 aromatic rings. The summed E-state index contributed by atoms with van der Waals surface area (Å²) in [5, 5.41) is 3.24. The molecule has 2 atom stereocenters. The van der Waals surface area contributed by atoms with Crippen molar-refractivity contribution in [2.75, 3.05) is 0 Å². The van der Waals surface area contributed by atoms with Crippen molar-refractivity contribution in [3.8, 4) is 0 Å². The Labute approximate surface area is 159 Å². The van der Waals surface area contributed by atoms with Gasteiger partial charge in [-0.2, -0.15) is 0 Å². The number of nitrogens with zero attached hydrogens (tertiary/aromatic N) is 1. The van der Waals surface area contributed by atoms with Gasteiger partial charge in [0.15, 0.2) is 0 Å². The molecule has 2 aromatic carbocycles. The average molecular weight is 354 g/mol. The largest absolute Gasteiger partial charge is 0.345 e. The fourth-order valence-electron chi connectivity index (χ4n) is 3.78. The summed E-state index contributed by atoms with van der Waals surface area (Å²) in [5.74, 6) is 0.209. The molecule has 1 amide bonds. The monoisotopic (exact) mass is 354 g/mol. The first-order chi connectivity index (χ1) is 13.2. The fourth-order valence-corrected chi connectivity index (χ4v) is 3.78. The second-order valence-electron chi connectivity index (χ2n) is 6.94. The average Bonchev–Trinajstić information content (AvgIpc) is 2.74. The zero-order chi connectivity index (χ0) is 18.6. The Kier molecular flexibility index (Phi) is 4.84. The number of carbonyl (C=O) groups excluding carboxylic acids is 1. The molecule has 1 N–H and O–H groups in total. The van der Waals surface area contributed by atoms with Crippen LogP contribution in [-0.2, 0) is 0 Å². The summed E-state index contributed by atoms with van der Waals surface area (Å²) in [5.41, 5.74) is 5.73. The van der Waals surface area contributed by atoms with E-state index in [4.69, 9.17) is 0 Å². The van der Waals surface area contributed by atoms with Crippen molar-refractivity contribution < 1.29 is 4.79 Å². The SMILES string of the molecule is CC1=C(c2ccccc2)CC1C(NC(=O)c1cccnc1)c1ccccc1. The summed E-state index contributed by atoms with van der Waals surface area (Å²) in [4.78, 5) is 16.8. The molecule has 134 valence electrons. The lowest BCUT2D eigenvalue weighted by atomic mass is 9.70. The molecule has 2 unspecified atom stereocenters. The normalized spacial score (nSPS) is 17.1. The number of hydrogen-bond acceptors (Lipinski definition) is 2. The molecule has 0 spiro atoms. The number of pyridine rings is 1. The van der Waals surface area contributed by atoms with E-state index >= 15 is 0 Å². The molecule has 3 heteroatoms. The first-order valence-electron chi connectivity index (χ1n) is 9.25. The lowest BCUT2D eigenvalue weighted by Crippen LogP contribution is -2.37. The van der Waals surface area contributed by atoms with Gasteiger partial charge in [0.2, 0.25) is 0 Å². The van der Waals surface area contributed by atoms with Crippen LogP contribution in [0.25, 0.3) is 5.57 Å². The minimum absolute atomic E-state index is 0.0497. The van der Waals surface area contributed by atoms with Crippen LogP contribution in [0.4, 0.5) is 0 Å². The maximum absolute atomic E-state index is 12.8. The smallest absolute Gasteiger partial charge is 0.253 e. The van der Waals surface area contributed by atoms with Crippen molar-refractivity contribution in [3.63, 3.8) is 0 Å². The van der Waals surface area contributed by atoms with E-state index in [0.717, 1.165) is 12.0 Å². The lowest BCUT2D eigenvalue weighted by Gasteiger charge is -2.38. The van der Waals surface area contributed by atoms with E-state index < -0.39 is 0 Å². The number of hydrogen-bond donors (Lipinski definition) is 1. The van der Waals surface area contributed by atoms with Gasteiger partial charge in [-0.15, -0.1) is 0 Å². The van der Waals surface area contributed by atoms with Crippen LogP contribution in [0.5, 0.6) is 0 Å². The molecule has 1 heterocycles. The Morgan fingerprint density at radius 1 is 1.00 bits per heavy atom. The number of carbonyl (C=O) groups is 1. The Morgan fingerprint density at radius 2 is 1.70 bits per heavy atom. The van der Waals surface area contributed by atoms with E-state index in [0.29, 0.717) is 11.5 Å². The lowest BCUT2D eigenvalue weighted by molar-refractivity contribution is 0.0924. The molecule has 0 fully saturated rings. The predicted octanol–water partition coefficient (Wildman–Crippen LogP) is 5.05. The van der Waals surface area contributed by atoms with Gasteiger partial charge in [-0.25, -0.2) is 0 Å². The molecule has 0 bridgehead atoms. The zero-order valence-electron chi connectivity index (χ0n) is 15.3. The van der Waals surface area contributed by atoms with E-state index in [2.05, 4.69) is 53.6 Å². The van der Waals surface area contributed by atoms with Crippen LogP contribution in [0.2, 0.25) is 0 Å². The number of allylic oxidation sites excluding steroid dienone is 1. The highest BCUT2D eigenvalue weighted by atomic mass is 16.1. The number of nitrogens with one attached hydrogen (secondary N) is 1. The minimum atomic E-state index is -0.0853. The third-order valence-corrected chi connectivity index (χ3v) is 5.35. The highest BCUT2D eigenvalue weighted by Crippen LogP contribution is 2.47. The second-order valence-corrected chi connectivity index (χ2v) is 6.94. The van der Waals surface area contributed by atoms with Crippen LogP contribution >= 0.6 is 0 Å². The summed E-state index contributed by atoms with van der Waals surface area (Å²) in [6, 6.07) is 24.2. The Bertz CT molecular complexity index is 949. The molecule has 1 aliphatic carbocycles. The summed E-state index contributed by atoms with van der Waals surface area (Å²) in [6.07, 6.45) is 4.25. The van der Waals surface area contributed by atoms with Crippen molar-refractivity contribution >= 4 is 11.5 Å². The van der Waals surface area contributed by atoms with E-state index in [1.807, 2.05) is 24.3 Å². The van der Waals surface area contributed by atoms with E-state index in [1.165, 1.54) is 16.7 Å². The maximum Gasteiger partial charge on any atom is 0.253 e. The van der Waals surface area contributed by atoms with E-state index in [9.17, 15) is 4.79 Å². The predicted molar refractivity (Wildman–Crippen MR) is 108 cm³/mol. The van der Waals surface area contributed by atoms with Gasteiger partial charge in [0.1, 0.15) is 0 Å². The first kappa shape index (κ1) is 17.2. The Hall–Kier alpha value is -3.20. The molecule has 27 heavy (non-hydrogen) atoms. The standard InChI is InChI=1S/C24H22N2O/c1-17-21(18-9-4-2-5-10-18)15-22(17)23(19-11-6-3-7-12-19)26-24(27)20-13-8-14-25-16-20/h2-14,16,22-23H,15H2,1H3,(H,26,27). The highest BCUT2D eigenvalue weighted by molar-refractivity contribution is 5.94. The van der Waals surface area contributed by atoms with Crippen molar-refractivity contribution in [1.82, 2.24) is 10.3 Å². The van der Waals surface area contributed by atoms with Gasteiger partial charge >= 0.3 is 0 Å². The van der Waals surface area contributed by atoms with Crippen LogP contribution in [0.1, 0.15) is 40.9 Å². The molecule has 4 rings (SSSR count). The van der Waals surface area contributed by atoms with Gasteiger partial charge < -0.3 is 5.32 Å². The maximum atomic E-state index is 12.8. The zero-order valence-corrected chi connectivity index (χ0v) is 15.3. The van der Waals surface area contributed by atoms with E-state index in [1.54, 1.807) is 24.5 Å². The molecule has 0 radical (unpaired) electrons. The molecule has 0 saturated heterocycles. The van der Waals surface area contributed by atoms with Gasteiger partial charge in [0.05, 0.1) is 11.6 Å². The number of amides is 1. The van der Waals surface area contributed by atoms with Crippen LogP contribution < -0.4 is 5.32 Å². The molecule has 0 aliphatic heterocycles. The first-order valence-corrected chi connectivity index (χ1v) is 9.25. The van der Waals surface area contributed by atoms with Crippen LogP contribution in [-0.4, -0.2) is 10.9 Å². The second kappa shape index (κ2) is 7.58. The summed E-state index contributed by atoms with van der Waals surface area (Å²) in [7, 11) is 0. The molecular weight excluding hydrogens is 332 g/mol. The van der Waals surface area contributed by atoms with Crippen molar-refractivity contribution in [2.45, 2.75) is 19.4 Å². The van der Waals surface area contributed by atoms with Gasteiger partial charge in [-0.1, -0.05) is 66.2 Å². The molecule has 1 aliphatic rings. The Balaban J connectivity index is 1.62. The van der Waals surface area contributed by atoms with Gasteiger partial charge in [0, 0.05) is 18.3 Å². The van der Waals surface area contributed by atoms with Crippen molar-refractivity contribution in [2.24, 2.45) is 5.92 Å². The quantitative estimate of drug-likeness (QED) is 0.697. The topological polar surface area (TPSA) is 42.0 Å². The van der Waals surface area contributed by atoms with Crippen LogP contribution in [0.15, 0.2) is 90.8 Å². The molecule has 0 saturated carbocycles. The fraction of sp³-hybridized carbons (Fsp3) is 0.167. The van der Waals surface area contributed by atoms with Gasteiger partial charge in [-0.05, 0) is 42.2 Å². The third kappa shape index (κ3) is 3.54. The summed E-state index contributed by atoms with van der Waals surface area (Å²) >= 11 is 0. The third-order valence-electron chi connectivity index (χ3n) is 5.35. The van der Waals surface area contributed by atoms with Gasteiger partial charge in [0.25, 0.3) is 5.91 Å². The van der Waals surface area contributed by atoms with Crippen LogP contribution in [0.3, 0.4) is 0 Å². The number of rotatable bonds is 5. The molecule has 3 nitrogen and oxygen atoms in total. The number of benzene rings is 2. The summed E-state index contributed by atoms with van der Waals surface area (Å²) in [6.45, 7) is 2.18. The molecular formula is C24H22N2O. The van der Waals surface area contributed by atoms with Crippen LogP contribution in [0, 0.1) is 5.92 Å². The minimum Gasteiger partial charge on any atom is -0.345 e. The van der Waals surface area contributed by atoms with Crippen molar-refractivity contribution in [3.05, 3.63) is 107 Å². The van der Waals surface area contributed by atoms with Gasteiger partial charge in [-0.3, -0.25) is 9.78 Å². The number of aromatic nitrogens is 1. The Morgan fingerprint density at radius 3 is 2.33 bits per heavy atom. The molecule has 1 aromatic heterocycles. The highest BCUT2D eigenvalue weighted by Gasteiger charge is 2.35. The summed E-state index contributed by atoms with van der Waals surface area (Å²) < 4.78 is 0. The van der Waals surface area contributed by atoms with E-state index in [-0.39, 0.29) is 11.9 Å².